The largest absolute Gasteiger partial charge is 0.586 e. The van der Waals surface area contributed by atoms with Gasteiger partial charge in [0.05, 0.1) is 11.8 Å². The van der Waals surface area contributed by atoms with Crippen molar-refractivity contribution in [2.24, 2.45) is 0 Å². The molecular weight excluding hydrogens is 414 g/mol. The minimum absolute atomic E-state index is 0.0443. The quantitative estimate of drug-likeness (QED) is 0.621. The average Bonchev–Trinajstić information content (AvgIpc) is 3.20. The molecule has 0 aliphatic carbocycles. The van der Waals surface area contributed by atoms with Crippen molar-refractivity contribution >= 4 is 20.7 Å². The number of nitrogens with one attached hydrogen (secondary N) is 1. The number of para-hydroxylation sites is 1. The average molecular weight is 432 g/mol. The van der Waals surface area contributed by atoms with Crippen molar-refractivity contribution in [3.05, 3.63) is 59.3 Å². The maximum Gasteiger partial charge on any atom is 0.586 e. The standard InChI is InChI=1S/C21H18F2N2O4S/c1-30(26,27)12-14-4-2-5-16-17(11-25-20(14)16)15(6-3-9-24)13-7-8-18-19(10-13)29-21(22,23)28-18/h2,4-5,7-8,10-11,15,25H,3,6,12H2,1H3. The van der Waals surface area contributed by atoms with E-state index in [2.05, 4.69) is 20.5 Å². The van der Waals surface area contributed by atoms with Crippen molar-refractivity contribution in [3.8, 4) is 17.6 Å². The van der Waals surface area contributed by atoms with Gasteiger partial charge in [-0.3, -0.25) is 0 Å². The third-order valence-corrected chi connectivity index (χ3v) is 5.83. The van der Waals surface area contributed by atoms with Gasteiger partial charge in [0, 0.05) is 35.7 Å². The van der Waals surface area contributed by atoms with E-state index in [1.165, 1.54) is 18.4 Å². The molecular formula is C21H18F2N2O4S. The number of fused-ring (bicyclic) bond motifs is 2. The van der Waals surface area contributed by atoms with Crippen molar-refractivity contribution in [1.82, 2.24) is 4.98 Å². The normalized spacial score (nSPS) is 15.8. The number of ether oxygens (including phenoxy) is 2. The van der Waals surface area contributed by atoms with Crippen molar-refractivity contribution in [3.63, 3.8) is 0 Å². The maximum absolute atomic E-state index is 13.4. The monoisotopic (exact) mass is 432 g/mol. The first-order valence-electron chi connectivity index (χ1n) is 9.20. The fraction of sp³-hybridized carbons (Fsp3) is 0.286. The van der Waals surface area contributed by atoms with E-state index in [0.717, 1.165) is 10.9 Å². The van der Waals surface area contributed by atoms with Gasteiger partial charge in [-0.15, -0.1) is 8.78 Å². The minimum atomic E-state index is -3.70. The first-order chi connectivity index (χ1) is 14.2. The molecule has 30 heavy (non-hydrogen) atoms. The Morgan fingerprint density at radius 1 is 1.20 bits per heavy atom. The molecule has 1 aliphatic rings. The number of hydrogen-bond donors (Lipinski definition) is 1. The van der Waals surface area contributed by atoms with Crippen LogP contribution in [0.25, 0.3) is 10.9 Å². The number of benzene rings is 2. The Bertz CT molecular complexity index is 1260. The van der Waals surface area contributed by atoms with E-state index in [1.807, 2.05) is 6.07 Å². The summed E-state index contributed by atoms with van der Waals surface area (Å²) in [5.41, 5.74) is 2.89. The number of halogens is 2. The molecule has 1 N–H and O–H groups in total. The van der Waals surface area contributed by atoms with Crippen LogP contribution in [0.5, 0.6) is 11.5 Å². The summed E-state index contributed by atoms with van der Waals surface area (Å²) >= 11 is 0. The van der Waals surface area contributed by atoms with E-state index in [4.69, 9.17) is 5.26 Å². The first-order valence-corrected chi connectivity index (χ1v) is 11.3. The van der Waals surface area contributed by atoms with Crippen molar-refractivity contribution in [1.29, 1.82) is 5.26 Å². The summed E-state index contributed by atoms with van der Waals surface area (Å²) in [4.78, 5) is 3.15. The highest BCUT2D eigenvalue weighted by Gasteiger charge is 2.43. The fourth-order valence-electron chi connectivity index (χ4n) is 3.82. The number of alkyl halides is 2. The zero-order valence-corrected chi connectivity index (χ0v) is 16.8. The van der Waals surface area contributed by atoms with Crippen LogP contribution < -0.4 is 9.47 Å². The fourth-order valence-corrected chi connectivity index (χ4v) is 4.63. The number of nitrogens with zero attached hydrogens (tertiary/aromatic N) is 1. The third kappa shape index (κ3) is 3.96. The molecule has 3 aromatic rings. The van der Waals surface area contributed by atoms with Gasteiger partial charge in [-0.2, -0.15) is 5.26 Å². The lowest BCUT2D eigenvalue weighted by molar-refractivity contribution is -0.286. The zero-order valence-electron chi connectivity index (χ0n) is 16.0. The van der Waals surface area contributed by atoms with Crippen LogP contribution in [0, 0.1) is 11.3 Å². The number of H-pyrrole nitrogens is 1. The molecule has 1 unspecified atom stereocenters. The molecule has 9 heteroatoms. The molecule has 2 aromatic carbocycles. The molecule has 0 radical (unpaired) electrons. The van der Waals surface area contributed by atoms with Gasteiger partial charge >= 0.3 is 6.29 Å². The Morgan fingerprint density at radius 3 is 2.70 bits per heavy atom. The predicted octanol–water partition coefficient (Wildman–Crippen LogP) is 4.47. The molecule has 0 amide bonds. The van der Waals surface area contributed by atoms with Crippen molar-refractivity contribution in [2.45, 2.75) is 30.8 Å². The van der Waals surface area contributed by atoms with Crippen molar-refractivity contribution in [2.75, 3.05) is 6.26 Å². The summed E-state index contributed by atoms with van der Waals surface area (Å²) in [6.07, 6.45) is -0.0450. The number of aromatic nitrogens is 1. The summed E-state index contributed by atoms with van der Waals surface area (Å²) in [5.74, 6) is -0.490. The predicted molar refractivity (Wildman–Crippen MR) is 106 cm³/mol. The van der Waals surface area contributed by atoms with E-state index in [-0.39, 0.29) is 29.6 Å². The molecule has 0 saturated heterocycles. The van der Waals surface area contributed by atoms with Gasteiger partial charge < -0.3 is 14.5 Å². The molecule has 4 rings (SSSR count). The van der Waals surface area contributed by atoms with Crippen LogP contribution in [0.4, 0.5) is 8.78 Å². The molecule has 0 bridgehead atoms. The van der Waals surface area contributed by atoms with Crippen LogP contribution >= 0.6 is 0 Å². The van der Waals surface area contributed by atoms with Gasteiger partial charge in [0.15, 0.2) is 21.3 Å². The van der Waals surface area contributed by atoms with Gasteiger partial charge in [-0.05, 0) is 35.2 Å². The lowest BCUT2D eigenvalue weighted by Gasteiger charge is -2.16. The van der Waals surface area contributed by atoms with Crippen LogP contribution in [-0.2, 0) is 15.6 Å². The number of aromatic amines is 1. The maximum atomic E-state index is 13.4. The summed E-state index contributed by atoms with van der Waals surface area (Å²) in [6.45, 7) is 0. The summed E-state index contributed by atoms with van der Waals surface area (Å²) < 4.78 is 59.4. The van der Waals surface area contributed by atoms with Crippen LogP contribution in [0.3, 0.4) is 0 Å². The smallest absolute Gasteiger partial charge is 0.395 e. The highest BCUT2D eigenvalue weighted by atomic mass is 32.2. The second-order valence-corrected chi connectivity index (χ2v) is 9.42. The molecule has 156 valence electrons. The van der Waals surface area contributed by atoms with E-state index < -0.39 is 16.1 Å². The SMILES string of the molecule is CS(=O)(=O)Cc1cccc2c(C(CCC#N)c3ccc4c(c3)OC(F)(F)O4)c[nH]c12. The summed E-state index contributed by atoms with van der Waals surface area (Å²) in [7, 11) is -3.23. The topological polar surface area (TPSA) is 92.2 Å². The molecule has 0 spiro atoms. The number of nitriles is 1. The van der Waals surface area contributed by atoms with Crippen LogP contribution in [0.15, 0.2) is 42.6 Å². The Balaban J connectivity index is 1.78. The second-order valence-electron chi connectivity index (χ2n) is 7.28. The highest BCUT2D eigenvalue weighted by Crippen LogP contribution is 2.44. The Labute approximate surface area is 172 Å². The molecule has 1 aliphatic heterocycles. The Kier molecular flexibility index (Phi) is 4.90. The van der Waals surface area contributed by atoms with E-state index in [0.29, 0.717) is 23.1 Å². The van der Waals surface area contributed by atoms with Gasteiger partial charge in [-0.1, -0.05) is 24.3 Å². The molecule has 1 aromatic heterocycles. The minimum Gasteiger partial charge on any atom is -0.395 e. The zero-order chi connectivity index (χ0) is 21.5. The highest BCUT2D eigenvalue weighted by molar-refractivity contribution is 7.89. The number of hydrogen-bond acceptors (Lipinski definition) is 5. The second kappa shape index (κ2) is 7.29. The number of sulfone groups is 1. The molecule has 2 heterocycles. The molecule has 1 atom stereocenters. The van der Waals surface area contributed by atoms with E-state index >= 15 is 0 Å². The van der Waals surface area contributed by atoms with Crippen molar-refractivity contribution < 1.29 is 26.7 Å². The van der Waals surface area contributed by atoms with Crippen LogP contribution in [0.1, 0.15) is 35.4 Å². The lowest BCUT2D eigenvalue weighted by atomic mass is 9.87. The Hall–Kier alpha value is -3.12. The van der Waals surface area contributed by atoms with Gasteiger partial charge in [-0.25, -0.2) is 8.42 Å². The van der Waals surface area contributed by atoms with Crippen LogP contribution in [0.2, 0.25) is 0 Å². The Morgan fingerprint density at radius 2 is 1.97 bits per heavy atom. The van der Waals surface area contributed by atoms with E-state index in [1.54, 1.807) is 24.4 Å². The number of rotatable bonds is 6. The van der Waals surface area contributed by atoms with Gasteiger partial charge in [0.1, 0.15) is 0 Å². The molecule has 0 fully saturated rings. The summed E-state index contributed by atoms with van der Waals surface area (Å²) in [6, 6.07) is 12.1. The van der Waals surface area contributed by atoms with Crippen LogP contribution in [-0.4, -0.2) is 26.0 Å². The van der Waals surface area contributed by atoms with E-state index in [9.17, 15) is 17.2 Å². The molecule has 6 nitrogen and oxygen atoms in total. The van der Waals surface area contributed by atoms with Gasteiger partial charge in [0.2, 0.25) is 0 Å². The van der Waals surface area contributed by atoms with Gasteiger partial charge in [0.25, 0.3) is 0 Å². The molecule has 0 saturated carbocycles. The first kappa shape index (κ1) is 20.2. The lowest BCUT2D eigenvalue weighted by Crippen LogP contribution is -2.25. The summed E-state index contributed by atoms with van der Waals surface area (Å²) in [5, 5.41) is 9.92. The third-order valence-electron chi connectivity index (χ3n) is 5.00.